The number of hydrogen-bond donors (Lipinski definition) is 2. The van der Waals surface area contributed by atoms with E-state index in [-0.39, 0.29) is 11.8 Å². The zero-order chi connectivity index (χ0) is 17.8. The standard InChI is InChI=1S/C17H16BrFN4OS/c1-23-6-5-20-16(23)15(11-3-2-4-13(19)7-11)22-17(24)21-9-14-8-12(18)10-25-14/h2-8,10,15H,9H2,1H3,(H2,21,22,24). The lowest BCUT2D eigenvalue weighted by Gasteiger charge is -2.19. The number of amides is 2. The lowest BCUT2D eigenvalue weighted by molar-refractivity contribution is 0.238. The summed E-state index contributed by atoms with van der Waals surface area (Å²) in [4.78, 5) is 17.7. The number of aromatic nitrogens is 2. The molecule has 2 aromatic heterocycles. The number of nitrogens with one attached hydrogen (secondary N) is 2. The minimum atomic E-state index is -0.550. The Balaban J connectivity index is 1.75. The average molecular weight is 423 g/mol. The van der Waals surface area contributed by atoms with Gasteiger partial charge in [-0.15, -0.1) is 11.3 Å². The summed E-state index contributed by atoms with van der Waals surface area (Å²) in [6.07, 6.45) is 3.43. The minimum Gasteiger partial charge on any atom is -0.336 e. The number of nitrogens with zero attached hydrogens (tertiary/aromatic N) is 2. The number of halogens is 2. The molecular weight excluding hydrogens is 407 g/mol. The van der Waals surface area contributed by atoms with Gasteiger partial charge in [0.05, 0.1) is 6.54 Å². The Kier molecular flexibility index (Phi) is 5.50. The maximum absolute atomic E-state index is 13.6. The van der Waals surface area contributed by atoms with Crippen LogP contribution in [0.4, 0.5) is 9.18 Å². The Bertz CT molecular complexity index is 879. The molecule has 8 heteroatoms. The van der Waals surface area contributed by atoms with Gasteiger partial charge in [0.1, 0.15) is 17.7 Å². The lowest BCUT2D eigenvalue weighted by Crippen LogP contribution is -2.38. The van der Waals surface area contributed by atoms with E-state index in [1.807, 2.05) is 18.5 Å². The smallest absolute Gasteiger partial charge is 0.315 e. The summed E-state index contributed by atoms with van der Waals surface area (Å²) < 4.78 is 16.4. The van der Waals surface area contributed by atoms with Crippen LogP contribution in [0, 0.1) is 5.82 Å². The molecular formula is C17H16BrFN4OS. The molecule has 0 aliphatic carbocycles. The first-order chi connectivity index (χ1) is 12.0. The van der Waals surface area contributed by atoms with E-state index in [9.17, 15) is 9.18 Å². The molecule has 0 saturated heterocycles. The molecule has 3 rings (SSSR count). The Hall–Kier alpha value is -2.19. The maximum Gasteiger partial charge on any atom is 0.315 e. The van der Waals surface area contributed by atoms with Crippen LogP contribution in [-0.4, -0.2) is 15.6 Å². The molecule has 1 unspecified atom stereocenters. The van der Waals surface area contributed by atoms with Gasteiger partial charge in [-0.05, 0) is 39.7 Å². The van der Waals surface area contributed by atoms with E-state index in [1.165, 1.54) is 12.1 Å². The van der Waals surface area contributed by atoms with Gasteiger partial charge in [0.25, 0.3) is 0 Å². The summed E-state index contributed by atoms with van der Waals surface area (Å²) in [5.41, 5.74) is 0.628. The van der Waals surface area contributed by atoms with E-state index in [0.717, 1.165) is 9.35 Å². The van der Waals surface area contributed by atoms with Gasteiger partial charge in [-0.2, -0.15) is 0 Å². The number of thiophene rings is 1. The van der Waals surface area contributed by atoms with Crippen LogP contribution in [0.25, 0.3) is 0 Å². The van der Waals surface area contributed by atoms with Crippen LogP contribution in [0.5, 0.6) is 0 Å². The van der Waals surface area contributed by atoms with E-state index in [1.54, 1.807) is 40.4 Å². The molecule has 3 aromatic rings. The SMILES string of the molecule is Cn1ccnc1C(NC(=O)NCc1cc(Br)cs1)c1cccc(F)c1. The monoisotopic (exact) mass is 422 g/mol. The topological polar surface area (TPSA) is 59.0 Å². The van der Waals surface area contributed by atoms with Crippen molar-refractivity contribution in [2.45, 2.75) is 12.6 Å². The van der Waals surface area contributed by atoms with Gasteiger partial charge < -0.3 is 15.2 Å². The van der Waals surface area contributed by atoms with Crippen molar-refractivity contribution in [2.24, 2.45) is 7.05 Å². The predicted molar refractivity (Wildman–Crippen MR) is 98.8 cm³/mol. The fourth-order valence-electron chi connectivity index (χ4n) is 2.43. The van der Waals surface area contributed by atoms with Crippen LogP contribution >= 0.6 is 27.3 Å². The van der Waals surface area contributed by atoms with E-state index >= 15 is 0 Å². The second-order valence-corrected chi connectivity index (χ2v) is 7.35. The van der Waals surface area contributed by atoms with Crippen LogP contribution in [0.2, 0.25) is 0 Å². The van der Waals surface area contributed by atoms with E-state index in [0.29, 0.717) is 17.9 Å². The minimum absolute atomic E-state index is 0.346. The second-order valence-electron chi connectivity index (χ2n) is 5.44. The average Bonchev–Trinajstić information content (AvgIpc) is 3.19. The normalized spacial score (nSPS) is 12.0. The molecule has 5 nitrogen and oxygen atoms in total. The van der Waals surface area contributed by atoms with Crippen LogP contribution in [0.1, 0.15) is 22.3 Å². The first-order valence-electron chi connectivity index (χ1n) is 7.53. The Labute approximate surface area is 157 Å². The Morgan fingerprint density at radius 3 is 2.92 bits per heavy atom. The molecule has 25 heavy (non-hydrogen) atoms. The number of aryl methyl sites for hydroxylation is 1. The molecule has 0 radical (unpaired) electrons. The third kappa shape index (κ3) is 4.46. The molecule has 130 valence electrons. The lowest BCUT2D eigenvalue weighted by atomic mass is 10.1. The van der Waals surface area contributed by atoms with Crippen LogP contribution in [0.3, 0.4) is 0 Å². The van der Waals surface area contributed by atoms with Crippen LogP contribution in [-0.2, 0) is 13.6 Å². The van der Waals surface area contributed by atoms with Crippen molar-refractivity contribution in [1.29, 1.82) is 0 Å². The maximum atomic E-state index is 13.6. The molecule has 0 aliphatic heterocycles. The zero-order valence-electron chi connectivity index (χ0n) is 13.4. The molecule has 0 spiro atoms. The van der Waals surface area contributed by atoms with Gasteiger partial charge >= 0.3 is 6.03 Å². The molecule has 1 aromatic carbocycles. The molecule has 0 saturated carbocycles. The van der Waals surface area contributed by atoms with Gasteiger partial charge in [-0.3, -0.25) is 0 Å². The second kappa shape index (κ2) is 7.79. The van der Waals surface area contributed by atoms with Crippen LogP contribution in [0.15, 0.2) is 52.6 Å². The van der Waals surface area contributed by atoms with Crippen molar-refractivity contribution in [3.63, 3.8) is 0 Å². The Morgan fingerprint density at radius 1 is 1.44 bits per heavy atom. The van der Waals surface area contributed by atoms with E-state index in [2.05, 4.69) is 31.5 Å². The summed E-state index contributed by atoms with van der Waals surface area (Å²) in [7, 11) is 1.83. The van der Waals surface area contributed by atoms with Gasteiger partial charge in [0, 0.05) is 34.2 Å². The van der Waals surface area contributed by atoms with Crippen molar-refractivity contribution in [3.05, 3.63) is 74.7 Å². The molecule has 0 bridgehead atoms. The van der Waals surface area contributed by atoms with Gasteiger partial charge in [-0.1, -0.05) is 12.1 Å². The molecule has 2 N–H and O–H groups in total. The number of rotatable bonds is 5. The highest BCUT2D eigenvalue weighted by atomic mass is 79.9. The highest BCUT2D eigenvalue weighted by Crippen LogP contribution is 2.22. The summed E-state index contributed by atoms with van der Waals surface area (Å²) >= 11 is 4.94. The van der Waals surface area contributed by atoms with Crippen molar-refractivity contribution in [3.8, 4) is 0 Å². The van der Waals surface area contributed by atoms with Gasteiger partial charge in [-0.25, -0.2) is 14.2 Å². The first kappa shape index (κ1) is 17.6. The molecule has 1 atom stereocenters. The van der Waals surface area contributed by atoms with Gasteiger partial charge in [0.2, 0.25) is 0 Å². The van der Waals surface area contributed by atoms with Crippen molar-refractivity contribution in [2.75, 3.05) is 0 Å². The van der Waals surface area contributed by atoms with Crippen LogP contribution < -0.4 is 10.6 Å². The zero-order valence-corrected chi connectivity index (χ0v) is 15.8. The third-order valence-corrected chi connectivity index (χ3v) is 5.32. The summed E-state index contributed by atoms with van der Waals surface area (Å²) in [6, 6.07) is 7.20. The Morgan fingerprint density at radius 2 is 2.28 bits per heavy atom. The number of urea groups is 1. The van der Waals surface area contributed by atoms with Crippen molar-refractivity contribution < 1.29 is 9.18 Å². The van der Waals surface area contributed by atoms with E-state index < -0.39 is 6.04 Å². The summed E-state index contributed by atoms with van der Waals surface area (Å²) in [5.74, 6) is 0.266. The van der Waals surface area contributed by atoms with E-state index in [4.69, 9.17) is 0 Å². The van der Waals surface area contributed by atoms with Crippen molar-refractivity contribution >= 4 is 33.3 Å². The number of hydrogen-bond acceptors (Lipinski definition) is 3. The fourth-order valence-corrected chi connectivity index (χ4v) is 3.83. The third-order valence-electron chi connectivity index (χ3n) is 3.62. The van der Waals surface area contributed by atoms with Gasteiger partial charge in [0.15, 0.2) is 0 Å². The number of carbonyl (C=O) groups excluding carboxylic acids is 1. The summed E-state index contributed by atoms with van der Waals surface area (Å²) in [6.45, 7) is 0.415. The predicted octanol–water partition coefficient (Wildman–Crippen LogP) is 3.97. The molecule has 0 fully saturated rings. The largest absolute Gasteiger partial charge is 0.336 e. The number of benzene rings is 1. The summed E-state index contributed by atoms with van der Waals surface area (Å²) in [5, 5.41) is 7.65. The van der Waals surface area contributed by atoms with Crippen molar-refractivity contribution in [1.82, 2.24) is 20.2 Å². The fraction of sp³-hybridized carbons (Fsp3) is 0.176. The number of carbonyl (C=O) groups is 1. The molecule has 0 aliphatic rings. The molecule has 2 heterocycles. The highest BCUT2D eigenvalue weighted by molar-refractivity contribution is 9.10. The molecule has 2 amide bonds. The first-order valence-corrected chi connectivity index (χ1v) is 9.20. The highest BCUT2D eigenvalue weighted by Gasteiger charge is 2.21. The quantitative estimate of drug-likeness (QED) is 0.653. The number of imidazole rings is 1.